The van der Waals surface area contributed by atoms with Gasteiger partial charge in [-0.1, -0.05) is 66.2 Å². The number of para-hydroxylation sites is 1. The number of carbonyl (C=O) groups is 1. The molecule has 5 rings (SSSR count). The summed E-state index contributed by atoms with van der Waals surface area (Å²) >= 11 is 6.03. The van der Waals surface area contributed by atoms with E-state index in [0.717, 1.165) is 11.3 Å². The molecule has 2 aliphatic heterocycles. The number of anilines is 2. The molecule has 0 spiro atoms. The summed E-state index contributed by atoms with van der Waals surface area (Å²) in [6.07, 6.45) is 4.24. The van der Waals surface area contributed by atoms with E-state index in [4.69, 9.17) is 11.6 Å². The van der Waals surface area contributed by atoms with Crippen molar-refractivity contribution in [1.82, 2.24) is 0 Å². The first kappa shape index (κ1) is 20.5. The third-order valence-electron chi connectivity index (χ3n) is 4.61. The Bertz CT molecular complexity index is 1190. The molecule has 1 unspecified atom stereocenters. The first-order valence-corrected chi connectivity index (χ1v) is 9.96. The monoisotopic (exact) mass is 430 g/mol. The third-order valence-corrected chi connectivity index (χ3v) is 4.84. The quantitative estimate of drug-likeness (QED) is 0.529. The summed E-state index contributed by atoms with van der Waals surface area (Å²) < 4.78 is 0. The minimum Gasteiger partial charge on any atom is -0.364 e. The van der Waals surface area contributed by atoms with Crippen LogP contribution in [0.25, 0.3) is 6.08 Å². The average molecular weight is 431 g/mol. The van der Waals surface area contributed by atoms with Crippen LogP contribution < -0.4 is 10.7 Å². The molecular formula is C24H19ClN4O2. The number of aliphatic hydroxyl groups excluding tert-OH is 1. The van der Waals surface area contributed by atoms with Gasteiger partial charge in [0.1, 0.15) is 0 Å². The number of hydrogen-bond acceptors (Lipinski definition) is 5. The molecule has 1 atom stereocenters. The fourth-order valence-electron chi connectivity index (χ4n) is 3.14. The normalized spacial score (nSPS) is 16.3. The Morgan fingerprint density at radius 3 is 2.55 bits per heavy atom. The van der Waals surface area contributed by atoms with Crippen LogP contribution in [-0.2, 0) is 4.79 Å². The number of aliphatic imine (C=N–C) groups is 1. The lowest BCUT2D eigenvalue weighted by Gasteiger charge is -2.10. The van der Waals surface area contributed by atoms with Gasteiger partial charge in [0.05, 0.1) is 17.1 Å². The zero-order valence-corrected chi connectivity index (χ0v) is 17.1. The molecule has 3 aromatic carbocycles. The smallest absolute Gasteiger partial charge is 0.276 e. The Hall–Kier alpha value is -3.74. The Morgan fingerprint density at radius 2 is 1.71 bits per heavy atom. The van der Waals surface area contributed by atoms with Crippen molar-refractivity contribution in [3.63, 3.8) is 0 Å². The number of carbonyl (C=O) groups excluding carboxylic acids is 1. The van der Waals surface area contributed by atoms with Crippen molar-refractivity contribution in [2.75, 3.05) is 10.7 Å². The predicted octanol–water partition coefficient (Wildman–Crippen LogP) is 4.56. The lowest BCUT2D eigenvalue weighted by Crippen LogP contribution is -2.24. The Labute approximate surface area is 184 Å². The fourth-order valence-corrected chi connectivity index (χ4v) is 3.31. The van der Waals surface area contributed by atoms with Gasteiger partial charge < -0.3 is 10.4 Å². The number of halogens is 1. The van der Waals surface area contributed by atoms with E-state index in [1.807, 2.05) is 66.7 Å². The highest BCUT2D eigenvalue weighted by molar-refractivity contribution is 6.32. The van der Waals surface area contributed by atoms with Crippen LogP contribution in [0.3, 0.4) is 0 Å². The van der Waals surface area contributed by atoms with Gasteiger partial charge in [0.15, 0.2) is 0 Å². The van der Waals surface area contributed by atoms with Crippen molar-refractivity contribution in [1.29, 1.82) is 0 Å². The molecule has 6 nitrogen and oxygen atoms in total. The van der Waals surface area contributed by atoms with Crippen molar-refractivity contribution < 1.29 is 9.90 Å². The molecule has 2 aliphatic rings. The van der Waals surface area contributed by atoms with E-state index in [1.54, 1.807) is 24.4 Å². The van der Waals surface area contributed by atoms with Gasteiger partial charge in [-0.25, -0.2) is 4.99 Å². The first-order valence-electron chi connectivity index (χ1n) is 9.59. The Balaban J connectivity index is 0.000000177. The molecule has 1 amide bonds. The van der Waals surface area contributed by atoms with E-state index in [9.17, 15) is 9.90 Å². The van der Waals surface area contributed by atoms with Crippen LogP contribution in [0.1, 0.15) is 16.7 Å². The largest absolute Gasteiger partial charge is 0.364 e. The summed E-state index contributed by atoms with van der Waals surface area (Å²) in [6, 6.07) is 22.5. The minimum atomic E-state index is -1.43. The number of aliphatic hydroxyl groups is 1. The second-order valence-electron chi connectivity index (χ2n) is 6.73. The number of amides is 1. The molecule has 3 N–H and O–H groups in total. The van der Waals surface area contributed by atoms with Crippen LogP contribution in [0.15, 0.2) is 89.0 Å². The van der Waals surface area contributed by atoms with Gasteiger partial charge in [-0.3, -0.25) is 10.2 Å². The number of allylic oxidation sites excluding steroid dienone is 1. The average Bonchev–Trinajstić information content (AvgIpc) is 3.11. The maximum Gasteiger partial charge on any atom is 0.276 e. The molecule has 0 saturated heterocycles. The van der Waals surface area contributed by atoms with Gasteiger partial charge >= 0.3 is 0 Å². The van der Waals surface area contributed by atoms with Gasteiger partial charge in [-0.15, -0.1) is 0 Å². The SMILES string of the molecule is C1=Cc2ccccc2NN=C1.O=C1Nc2ccc(Cl)cc2C(c2ccccc2)=NC1O. The van der Waals surface area contributed by atoms with Crippen molar-refractivity contribution in [2.24, 2.45) is 10.1 Å². The molecule has 0 aliphatic carbocycles. The van der Waals surface area contributed by atoms with Crippen LogP contribution >= 0.6 is 11.6 Å². The summed E-state index contributed by atoms with van der Waals surface area (Å²) in [5, 5.41) is 16.9. The zero-order chi connectivity index (χ0) is 21.6. The summed E-state index contributed by atoms with van der Waals surface area (Å²) in [7, 11) is 0. The maximum atomic E-state index is 11.7. The van der Waals surface area contributed by atoms with E-state index in [-0.39, 0.29) is 0 Å². The maximum absolute atomic E-state index is 11.7. The molecule has 2 heterocycles. The molecule has 0 saturated carbocycles. The molecule has 154 valence electrons. The molecule has 0 fully saturated rings. The van der Waals surface area contributed by atoms with E-state index < -0.39 is 12.1 Å². The number of fused-ring (bicyclic) bond motifs is 2. The lowest BCUT2D eigenvalue weighted by molar-refractivity contribution is -0.123. The molecule has 0 radical (unpaired) electrons. The standard InChI is InChI=1S/C15H11ClN2O2.C9H8N2/c16-10-6-7-12-11(8-10)13(9-4-2-1-3-5-9)18-15(20)14(19)17-12;1-2-6-9-8(4-1)5-3-7-10-11-9/h1-8,15,20H,(H,17,19);1-7,11H. The van der Waals surface area contributed by atoms with Crippen molar-refractivity contribution >= 4 is 46.9 Å². The highest BCUT2D eigenvalue weighted by Crippen LogP contribution is 2.26. The topological polar surface area (TPSA) is 86.1 Å². The highest BCUT2D eigenvalue weighted by atomic mass is 35.5. The van der Waals surface area contributed by atoms with Crippen molar-refractivity contribution in [3.05, 3.63) is 101 Å². The van der Waals surface area contributed by atoms with Gasteiger partial charge in [-0.05, 0) is 35.9 Å². The van der Waals surface area contributed by atoms with Crippen LogP contribution in [0.4, 0.5) is 11.4 Å². The molecule has 0 bridgehead atoms. The number of nitrogens with zero attached hydrogens (tertiary/aromatic N) is 2. The first-order chi connectivity index (χ1) is 15.1. The zero-order valence-electron chi connectivity index (χ0n) is 16.4. The number of benzodiazepines with no additional fused rings is 1. The fraction of sp³-hybridized carbons (Fsp3) is 0.0417. The van der Waals surface area contributed by atoms with E-state index >= 15 is 0 Å². The van der Waals surface area contributed by atoms with E-state index in [2.05, 4.69) is 20.8 Å². The van der Waals surface area contributed by atoms with Crippen molar-refractivity contribution in [3.8, 4) is 0 Å². The summed E-state index contributed by atoms with van der Waals surface area (Å²) in [4.78, 5) is 15.8. The molecule has 7 heteroatoms. The highest BCUT2D eigenvalue weighted by Gasteiger charge is 2.24. The minimum absolute atomic E-state index is 0.536. The van der Waals surface area contributed by atoms with E-state index in [0.29, 0.717) is 22.0 Å². The number of nitrogens with one attached hydrogen (secondary N) is 2. The lowest BCUT2D eigenvalue weighted by atomic mass is 10.0. The number of hydrazone groups is 1. The summed E-state index contributed by atoms with van der Waals surface area (Å²) in [5.41, 5.74) is 7.77. The van der Waals surface area contributed by atoms with Gasteiger partial charge in [0.2, 0.25) is 6.23 Å². The number of hydrogen-bond donors (Lipinski definition) is 3. The second-order valence-corrected chi connectivity index (χ2v) is 7.17. The van der Waals surface area contributed by atoms with Crippen LogP contribution in [0.2, 0.25) is 5.02 Å². The van der Waals surface area contributed by atoms with Gasteiger partial charge in [-0.2, -0.15) is 5.10 Å². The molecule has 3 aromatic rings. The molecule has 0 aromatic heterocycles. The second kappa shape index (κ2) is 9.38. The summed E-state index contributed by atoms with van der Waals surface area (Å²) in [6.45, 7) is 0. The van der Waals surface area contributed by atoms with Crippen molar-refractivity contribution in [2.45, 2.75) is 6.23 Å². The number of rotatable bonds is 1. The molecular weight excluding hydrogens is 412 g/mol. The predicted molar refractivity (Wildman–Crippen MR) is 126 cm³/mol. The summed E-state index contributed by atoms with van der Waals surface area (Å²) in [5.74, 6) is -0.556. The molecule has 31 heavy (non-hydrogen) atoms. The van der Waals surface area contributed by atoms with E-state index in [1.165, 1.54) is 5.56 Å². The van der Waals surface area contributed by atoms with Crippen LogP contribution in [0.5, 0.6) is 0 Å². The van der Waals surface area contributed by atoms with Crippen LogP contribution in [-0.4, -0.2) is 29.2 Å². The Kier molecular flexibility index (Phi) is 6.21. The number of benzene rings is 3. The van der Waals surface area contributed by atoms with Gasteiger partial charge in [0, 0.05) is 22.4 Å². The van der Waals surface area contributed by atoms with Gasteiger partial charge in [0.25, 0.3) is 5.91 Å². The Morgan fingerprint density at radius 1 is 0.935 bits per heavy atom. The third kappa shape index (κ3) is 4.88. The van der Waals surface area contributed by atoms with Crippen LogP contribution in [0, 0.1) is 0 Å².